The first kappa shape index (κ1) is 17.0. The van der Waals surface area contributed by atoms with Gasteiger partial charge in [0.2, 0.25) is 11.8 Å². The maximum atomic E-state index is 12.4. The van der Waals surface area contributed by atoms with Gasteiger partial charge < -0.3 is 15.0 Å². The van der Waals surface area contributed by atoms with Gasteiger partial charge in [0, 0.05) is 37.6 Å². The zero-order valence-electron chi connectivity index (χ0n) is 14.4. The Balaban J connectivity index is 1.64. The van der Waals surface area contributed by atoms with Gasteiger partial charge in [-0.15, -0.1) is 0 Å². The largest absolute Gasteiger partial charge is 0.496 e. The summed E-state index contributed by atoms with van der Waals surface area (Å²) >= 11 is 0. The Bertz CT molecular complexity index is 763. The molecular weight excluding hydrogens is 320 g/mol. The molecule has 2 heterocycles. The number of nitrogens with one attached hydrogen (secondary N) is 2. The van der Waals surface area contributed by atoms with Gasteiger partial charge in [0.1, 0.15) is 5.75 Å². The molecule has 1 aliphatic rings. The van der Waals surface area contributed by atoms with Gasteiger partial charge in [-0.3, -0.25) is 14.7 Å². The van der Waals surface area contributed by atoms with Crippen LogP contribution in [-0.4, -0.2) is 47.1 Å². The third-order valence-corrected chi connectivity index (χ3v) is 4.54. The third-order valence-electron chi connectivity index (χ3n) is 4.54. The van der Waals surface area contributed by atoms with E-state index in [2.05, 4.69) is 15.5 Å². The van der Waals surface area contributed by atoms with Crippen molar-refractivity contribution in [3.8, 4) is 17.0 Å². The summed E-state index contributed by atoms with van der Waals surface area (Å²) in [5, 5.41) is 9.96. The maximum absolute atomic E-state index is 12.4. The molecule has 0 atom stereocenters. The van der Waals surface area contributed by atoms with Crippen LogP contribution in [0.2, 0.25) is 0 Å². The Morgan fingerprint density at radius 1 is 1.28 bits per heavy atom. The molecule has 1 saturated heterocycles. The highest BCUT2D eigenvalue weighted by Gasteiger charge is 2.26. The summed E-state index contributed by atoms with van der Waals surface area (Å²) in [4.78, 5) is 25.6. The predicted molar refractivity (Wildman–Crippen MR) is 94.2 cm³/mol. The fourth-order valence-electron chi connectivity index (χ4n) is 3.08. The molecule has 0 unspecified atom stereocenters. The average Bonchev–Trinajstić information content (AvgIpc) is 3.10. The summed E-state index contributed by atoms with van der Waals surface area (Å²) in [6.07, 6.45) is 1.35. The number of hydrogen-bond donors (Lipinski definition) is 2. The van der Waals surface area contributed by atoms with Crippen LogP contribution in [0.3, 0.4) is 0 Å². The molecule has 132 valence electrons. The van der Waals surface area contributed by atoms with E-state index in [4.69, 9.17) is 4.74 Å². The van der Waals surface area contributed by atoms with Crippen LogP contribution in [0.1, 0.15) is 19.8 Å². The van der Waals surface area contributed by atoms with Crippen LogP contribution in [0.5, 0.6) is 5.75 Å². The van der Waals surface area contributed by atoms with Crippen molar-refractivity contribution in [3.63, 3.8) is 0 Å². The minimum absolute atomic E-state index is 0.0544. The summed E-state index contributed by atoms with van der Waals surface area (Å²) in [6, 6.07) is 9.40. The van der Waals surface area contributed by atoms with Crippen molar-refractivity contribution in [2.75, 3.05) is 25.5 Å². The molecule has 1 fully saturated rings. The van der Waals surface area contributed by atoms with E-state index in [1.807, 2.05) is 24.3 Å². The lowest BCUT2D eigenvalue weighted by Crippen LogP contribution is -2.40. The lowest BCUT2D eigenvalue weighted by atomic mass is 9.96. The van der Waals surface area contributed by atoms with Gasteiger partial charge in [-0.2, -0.15) is 5.10 Å². The number of methoxy groups -OCH3 is 1. The van der Waals surface area contributed by atoms with Crippen LogP contribution in [-0.2, 0) is 9.59 Å². The SMILES string of the molecule is COc1ccccc1-c1cc(NC(=O)C2CCN(C(C)=O)CC2)n[nH]1. The number of para-hydroxylation sites is 1. The highest BCUT2D eigenvalue weighted by atomic mass is 16.5. The van der Waals surface area contributed by atoms with Gasteiger partial charge in [0.15, 0.2) is 5.82 Å². The topological polar surface area (TPSA) is 87.3 Å². The van der Waals surface area contributed by atoms with Gasteiger partial charge >= 0.3 is 0 Å². The van der Waals surface area contributed by atoms with Crippen LogP contribution in [0.4, 0.5) is 5.82 Å². The molecule has 3 rings (SSSR count). The zero-order valence-corrected chi connectivity index (χ0v) is 14.4. The number of H-pyrrole nitrogens is 1. The minimum atomic E-state index is -0.0954. The van der Waals surface area contributed by atoms with Crippen LogP contribution >= 0.6 is 0 Å². The van der Waals surface area contributed by atoms with E-state index in [0.29, 0.717) is 31.7 Å². The van der Waals surface area contributed by atoms with E-state index in [0.717, 1.165) is 17.0 Å². The van der Waals surface area contributed by atoms with Crippen LogP contribution in [0.25, 0.3) is 11.3 Å². The highest BCUT2D eigenvalue weighted by Crippen LogP contribution is 2.29. The van der Waals surface area contributed by atoms with E-state index in [-0.39, 0.29) is 17.7 Å². The average molecular weight is 342 g/mol. The smallest absolute Gasteiger partial charge is 0.228 e. The molecule has 0 spiro atoms. The molecule has 7 nitrogen and oxygen atoms in total. The minimum Gasteiger partial charge on any atom is -0.496 e. The van der Waals surface area contributed by atoms with E-state index >= 15 is 0 Å². The Kier molecular flexibility index (Phi) is 5.02. The normalized spacial score (nSPS) is 15.0. The van der Waals surface area contributed by atoms with Crippen LogP contribution < -0.4 is 10.1 Å². The summed E-state index contributed by atoms with van der Waals surface area (Å²) in [6.45, 7) is 2.81. The van der Waals surface area contributed by atoms with Crippen LogP contribution in [0, 0.1) is 5.92 Å². The van der Waals surface area contributed by atoms with Crippen molar-refractivity contribution in [3.05, 3.63) is 30.3 Å². The highest BCUT2D eigenvalue weighted by molar-refractivity contribution is 5.92. The number of anilines is 1. The molecule has 0 bridgehead atoms. The second-order valence-electron chi connectivity index (χ2n) is 6.14. The first-order chi connectivity index (χ1) is 12.1. The molecule has 2 N–H and O–H groups in total. The van der Waals surface area contributed by atoms with Gasteiger partial charge in [0.05, 0.1) is 12.8 Å². The van der Waals surface area contributed by atoms with Gasteiger partial charge in [-0.1, -0.05) is 12.1 Å². The molecule has 0 aliphatic carbocycles. The van der Waals surface area contributed by atoms with Crippen molar-refractivity contribution in [1.29, 1.82) is 0 Å². The monoisotopic (exact) mass is 342 g/mol. The number of ether oxygens (including phenoxy) is 1. The lowest BCUT2D eigenvalue weighted by molar-refractivity contribution is -0.132. The number of likely N-dealkylation sites (tertiary alicyclic amines) is 1. The quantitative estimate of drug-likeness (QED) is 0.892. The van der Waals surface area contributed by atoms with Crippen LogP contribution in [0.15, 0.2) is 30.3 Å². The number of aromatic nitrogens is 2. The van der Waals surface area contributed by atoms with E-state index in [1.165, 1.54) is 0 Å². The number of rotatable bonds is 4. The summed E-state index contributed by atoms with van der Waals surface area (Å²) < 4.78 is 5.35. The fraction of sp³-hybridized carbons (Fsp3) is 0.389. The predicted octanol–water partition coefficient (Wildman–Crippen LogP) is 2.28. The third kappa shape index (κ3) is 3.81. The number of nitrogens with zero attached hydrogens (tertiary/aromatic N) is 2. The lowest BCUT2D eigenvalue weighted by Gasteiger charge is -2.30. The standard InChI is InChI=1S/C18H22N4O3/c1-12(23)22-9-7-13(8-10-22)18(24)19-17-11-15(20-21-17)14-5-3-4-6-16(14)25-2/h3-6,11,13H,7-10H2,1-2H3,(H2,19,20,21,24). The molecule has 1 aromatic carbocycles. The van der Waals surface area contributed by atoms with Gasteiger partial charge in [0.25, 0.3) is 0 Å². The first-order valence-electron chi connectivity index (χ1n) is 8.33. The second-order valence-corrected chi connectivity index (χ2v) is 6.14. The number of carbonyl (C=O) groups excluding carboxylic acids is 2. The van der Waals surface area contributed by atoms with E-state index in [9.17, 15) is 9.59 Å². The number of piperidine rings is 1. The van der Waals surface area contributed by atoms with E-state index in [1.54, 1.807) is 25.0 Å². The first-order valence-corrected chi connectivity index (χ1v) is 8.33. The Morgan fingerprint density at radius 2 is 2.00 bits per heavy atom. The molecule has 25 heavy (non-hydrogen) atoms. The Hall–Kier alpha value is -2.83. The van der Waals surface area contributed by atoms with Crippen molar-refractivity contribution in [2.45, 2.75) is 19.8 Å². The maximum Gasteiger partial charge on any atom is 0.228 e. The molecule has 2 aromatic rings. The van der Waals surface area contributed by atoms with Crippen molar-refractivity contribution >= 4 is 17.6 Å². The number of benzene rings is 1. The van der Waals surface area contributed by atoms with Gasteiger partial charge in [-0.25, -0.2) is 0 Å². The molecule has 1 aromatic heterocycles. The zero-order chi connectivity index (χ0) is 17.8. The summed E-state index contributed by atoms with van der Waals surface area (Å²) in [7, 11) is 1.62. The van der Waals surface area contributed by atoms with Crippen molar-refractivity contribution < 1.29 is 14.3 Å². The number of amides is 2. The molecule has 7 heteroatoms. The Labute approximate surface area is 146 Å². The molecule has 1 aliphatic heterocycles. The molecule has 0 radical (unpaired) electrons. The van der Waals surface area contributed by atoms with Crippen molar-refractivity contribution in [2.24, 2.45) is 5.92 Å². The second kappa shape index (κ2) is 7.38. The van der Waals surface area contributed by atoms with Crippen molar-refractivity contribution in [1.82, 2.24) is 15.1 Å². The molecule has 2 amide bonds. The summed E-state index contributed by atoms with van der Waals surface area (Å²) in [5.41, 5.74) is 1.66. The molecule has 0 saturated carbocycles. The van der Waals surface area contributed by atoms with E-state index < -0.39 is 0 Å². The number of hydrogen-bond acceptors (Lipinski definition) is 4. The van der Waals surface area contributed by atoms with Gasteiger partial charge in [-0.05, 0) is 25.0 Å². The molecular formula is C18H22N4O3. The Morgan fingerprint density at radius 3 is 2.68 bits per heavy atom. The number of aromatic amines is 1. The number of carbonyl (C=O) groups is 2. The summed E-state index contributed by atoms with van der Waals surface area (Å²) in [5.74, 6) is 1.14. The fourth-order valence-corrected chi connectivity index (χ4v) is 3.08.